The molecule has 0 unspecified atom stereocenters. The summed E-state index contributed by atoms with van der Waals surface area (Å²) in [6, 6.07) is 9.76. The fraction of sp³-hybridized carbons (Fsp3) is 0.350. The van der Waals surface area contributed by atoms with Crippen LogP contribution in [0.25, 0.3) is 0 Å². The van der Waals surface area contributed by atoms with Gasteiger partial charge in [0.25, 0.3) is 15.9 Å². The van der Waals surface area contributed by atoms with Crippen LogP contribution in [0.4, 0.5) is 10.1 Å². The fourth-order valence-corrected chi connectivity index (χ4v) is 3.46. The van der Waals surface area contributed by atoms with Crippen LogP contribution in [0.3, 0.4) is 0 Å². The normalized spacial score (nSPS) is 11.3. The van der Waals surface area contributed by atoms with Gasteiger partial charge in [-0.1, -0.05) is 12.1 Å². The number of nitrogens with one attached hydrogen (secondary N) is 2. The van der Waals surface area contributed by atoms with Crippen molar-refractivity contribution in [3.63, 3.8) is 0 Å². The molecule has 0 fully saturated rings. The van der Waals surface area contributed by atoms with Gasteiger partial charge >= 0.3 is 0 Å². The zero-order valence-electron chi connectivity index (χ0n) is 16.4. The summed E-state index contributed by atoms with van der Waals surface area (Å²) < 4.78 is 51.2. The Morgan fingerprint density at radius 2 is 1.90 bits per heavy atom. The van der Waals surface area contributed by atoms with Crippen molar-refractivity contribution in [3.8, 4) is 0 Å². The number of halogens is 1. The summed E-state index contributed by atoms with van der Waals surface area (Å²) in [7, 11) is -2.38. The Labute approximate surface area is 170 Å². The van der Waals surface area contributed by atoms with E-state index in [4.69, 9.17) is 9.47 Å². The van der Waals surface area contributed by atoms with Crippen molar-refractivity contribution in [2.24, 2.45) is 0 Å². The number of carbonyl (C=O) groups is 1. The third kappa shape index (κ3) is 7.12. The number of carbonyl (C=O) groups excluding carboxylic acids is 1. The summed E-state index contributed by atoms with van der Waals surface area (Å²) in [6.45, 7) is 3.48. The van der Waals surface area contributed by atoms with E-state index in [1.165, 1.54) is 24.3 Å². The van der Waals surface area contributed by atoms with Crippen LogP contribution in [0, 0.1) is 12.7 Å². The standard InChI is InChI=1S/C20H25FN2O5S/c1-15-7-8-18(14-19(15)21)29(25,26)23-17-6-3-5-16(13-17)20(24)22-9-4-10-28-12-11-27-2/h3,5-8,13-14,23H,4,9-12H2,1-2H3,(H,22,24). The molecule has 0 saturated carbocycles. The van der Waals surface area contributed by atoms with Crippen molar-refractivity contribution >= 4 is 21.6 Å². The quantitative estimate of drug-likeness (QED) is 0.541. The van der Waals surface area contributed by atoms with Crippen molar-refractivity contribution in [2.75, 3.05) is 38.2 Å². The van der Waals surface area contributed by atoms with Crippen LogP contribution >= 0.6 is 0 Å². The van der Waals surface area contributed by atoms with Crippen molar-refractivity contribution in [1.29, 1.82) is 0 Å². The van der Waals surface area contributed by atoms with Gasteiger partial charge in [0.1, 0.15) is 5.82 Å². The Morgan fingerprint density at radius 1 is 1.10 bits per heavy atom. The number of aryl methyl sites for hydroxylation is 1. The second kappa shape index (κ2) is 10.9. The predicted molar refractivity (Wildman–Crippen MR) is 108 cm³/mol. The lowest BCUT2D eigenvalue weighted by molar-refractivity contribution is 0.0688. The highest BCUT2D eigenvalue weighted by Crippen LogP contribution is 2.19. The molecular weight excluding hydrogens is 399 g/mol. The van der Waals surface area contributed by atoms with Gasteiger partial charge < -0.3 is 14.8 Å². The number of benzene rings is 2. The lowest BCUT2D eigenvalue weighted by atomic mass is 10.2. The summed E-state index contributed by atoms with van der Waals surface area (Å²) in [5.74, 6) is -0.934. The van der Waals surface area contributed by atoms with E-state index in [0.29, 0.717) is 43.9 Å². The van der Waals surface area contributed by atoms with E-state index in [9.17, 15) is 17.6 Å². The van der Waals surface area contributed by atoms with Gasteiger partial charge in [-0.05, 0) is 49.2 Å². The predicted octanol–water partition coefficient (Wildman–Crippen LogP) is 2.72. The molecule has 0 saturated heterocycles. The molecule has 2 rings (SSSR count). The van der Waals surface area contributed by atoms with Crippen LogP contribution in [-0.2, 0) is 19.5 Å². The highest BCUT2D eigenvalue weighted by molar-refractivity contribution is 7.92. The molecule has 2 aromatic rings. The Balaban J connectivity index is 1.94. The molecule has 2 aromatic carbocycles. The van der Waals surface area contributed by atoms with Gasteiger partial charge in [0.15, 0.2) is 0 Å². The van der Waals surface area contributed by atoms with E-state index < -0.39 is 15.8 Å². The van der Waals surface area contributed by atoms with Crippen LogP contribution in [0.1, 0.15) is 22.3 Å². The molecular formula is C20H25FN2O5S. The van der Waals surface area contributed by atoms with Gasteiger partial charge in [0, 0.05) is 31.5 Å². The molecule has 0 aromatic heterocycles. The minimum atomic E-state index is -3.98. The molecule has 0 radical (unpaired) electrons. The number of amides is 1. The maximum Gasteiger partial charge on any atom is 0.261 e. The number of methoxy groups -OCH3 is 1. The monoisotopic (exact) mass is 424 g/mol. The van der Waals surface area contributed by atoms with Gasteiger partial charge in [-0.2, -0.15) is 0 Å². The van der Waals surface area contributed by atoms with Gasteiger partial charge in [0.05, 0.1) is 18.1 Å². The number of sulfonamides is 1. The average molecular weight is 424 g/mol. The van der Waals surface area contributed by atoms with Gasteiger partial charge in [-0.15, -0.1) is 0 Å². The summed E-state index contributed by atoms with van der Waals surface area (Å²) in [5, 5.41) is 2.75. The molecule has 0 heterocycles. The maximum absolute atomic E-state index is 13.7. The number of rotatable bonds is 11. The summed E-state index contributed by atoms with van der Waals surface area (Å²) >= 11 is 0. The van der Waals surface area contributed by atoms with Crippen LogP contribution in [-0.4, -0.2) is 47.8 Å². The van der Waals surface area contributed by atoms with Crippen molar-refractivity contribution in [2.45, 2.75) is 18.2 Å². The van der Waals surface area contributed by atoms with E-state index in [0.717, 1.165) is 6.07 Å². The number of hydrogen-bond donors (Lipinski definition) is 2. The van der Waals surface area contributed by atoms with E-state index in [1.54, 1.807) is 26.2 Å². The molecule has 2 N–H and O–H groups in total. The van der Waals surface area contributed by atoms with E-state index in [1.807, 2.05) is 0 Å². The zero-order valence-corrected chi connectivity index (χ0v) is 17.2. The third-order valence-corrected chi connectivity index (χ3v) is 5.39. The first-order valence-electron chi connectivity index (χ1n) is 9.07. The third-order valence-electron chi connectivity index (χ3n) is 4.01. The Bertz CT molecular complexity index is 934. The van der Waals surface area contributed by atoms with Gasteiger partial charge in [-0.3, -0.25) is 9.52 Å². The van der Waals surface area contributed by atoms with Crippen LogP contribution < -0.4 is 10.0 Å². The number of hydrogen-bond acceptors (Lipinski definition) is 5. The summed E-state index contributed by atoms with van der Waals surface area (Å²) in [5.41, 5.74) is 0.869. The van der Waals surface area contributed by atoms with Crippen molar-refractivity contribution in [3.05, 3.63) is 59.4 Å². The van der Waals surface area contributed by atoms with Crippen LogP contribution in [0.2, 0.25) is 0 Å². The molecule has 0 atom stereocenters. The second-order valence-corrected chi connectivity index (χ2v) is 7.99. The molecule has 0 spiro atoms. The first-order chi connectivity index (χ1) is 13.8. The van der Waals surface area contributed by atoms with Crippen LogP contribution in [0.15, 0.2) is 47.4 Å². The van der Waals surface area contributed by atoms with E-state index in [-0.39, 0.29) is 16.5 Å². The minimum absolute atomic E-state index is 0.191. The average Bonchev–Trinajstić information content (AvgIpc) is 2.69. The summed E-state index contributed by atoms with van der Waals surface area (Å²) in [4.78, 5) is 12.1. The first kappa shape index (κ1) is 22.8. The lowest BCUT2D eigenvalue weighted by Gasteiger charge is -2.11. The molecule has 0 bridgehead atoms. The smallest absolute Gasteiger partial charge is 0.261 e. The fourth-order valence-electron chi connectivity index (χ4n) is 2.40. The van der Waals surface area contributed by atoms with Gasteiger partial charge in [-0.25, -0.2) is 12.8 Å². The first-order valence-corrected chi connectivity index (χ1v) is 10.6. The SMILES string of the molecule is COCCOCCCNC(=O)c1cccc(NS(=O)(=O)c2ccc(C)c(F)c2)c1. The summed E-state index contributed by atoms with van der Waals surface area (Å²) in [6.07, 6.45) is 0.640. The molecule has 1 amide bonds. The number of ether oxygens (including phenoxy) is 2. The van der Waals surface area contributed by atoms with Crippen molar-refractivity contribution < 1.29 is 27.1 Å². The molecule has 0 aliphatic carbocycles. The van der Waals surface area contributed by atoms with E-state index in [2.05, 4.69) is 10.0 Å². The Hall–Kier alpha value is -2.49. The Kier molecular flexibility index (Phi) is 8.56. The number of anilines is 1. The zero-order chi connectivity index (χ0) is 21.3. The molecule has 7 nitrogen and oxygen atoms in total. The Morgan fingerprint density at radius 3 is 2.62 bits per heavy atom. The largest absolute Gasteiger partial charge is 0.382 e. The molecule has 9 heteroatoms. The van der Waals surface area contributed by atoms with Crippen molar-refractivity contribution in [1.82, 2.24) is 5.32 Å². The maximum atomic E-state index is 13.7. The van der Waals surface area contributed by atoms with Crippen LogP contribution in [0.5, 0.6) is 0 Å². The topological polar surface area (TPSA) is 93.7 Å². The highest BCUT2D eigenvalue weighted by Gasteiger charge is 2.16. The van der Waals surface area contributed by atoms with Gasteiger partial charge in [0.2, 0.25) is 0 Å². The molecule has 0 aliphatic heterocycles. The highest BCUT2D eigenvalue weighted by atomic mass is 32.2. The molecule has 158 valence electrons. The second-order valence-electron chi connectivity index (χ2n) is 6.31. The van der Waals surface area contributed by atoms with E-state index >= 15 is 0 Å². The lowest BCUT2D eigenvalue weighted by Crippen LogP contribution is -2.25. The molecule has 0 aliphatic rings. The minimum Gasteiger partial charge on any atom is -0.382 e. The molecule has 29 heavy (non-hydrogen) atoms.